The van der Waals surface area contributed by atoms with Crippen LogP contribution in [0.1, 0.15) is 17.5 Å². The predicted molar refractivity (Wildman–Crippen MR) is 75.5 cm³/mol. The van der Waals surface area contributed by atoms with E-state index >= 15 is 0 Å². The maximum absolute atomic E-state index is 12.3. The monoisotopic (exact) mass is 287 g/mol. The summed E-state index contributed by atoms with van der Waals surface area (Å²) in [6.07, 6.45) is 1.67. The van der Waals surface area contributed by atoms with Crippen LogP contribution >= 0.6 is 0 Å². The van der Waals surface area contributed by atoms with E-state index in [-0.39, 0.29) is 18.4 Å². The maximum Gasteiger partial charge on any atom is 0.322 e. The maximum atomic E-state index is 12.3. The Bertz CT molecular complexity index is 589. The molecule has 1 heterocycles. The Morgan fingerprint density at radius 2 is 1.86 bits per heavy atom. The number of rotatable bonds is 3. The third-order valence-corrected chi connectivity index (χ3v) is 4.21. The van der Waals surface area contributed by atoms with Crippen molar-refractivity contribution in [2.75, 3.05) is 7.05 Å². The quantitative estimate of drug-likeness (QED) is 0.780. The largest absolute Gasteiger partial charge is 0.342 e. The van der Waals surface area contributed by atoms with E-state index in [0.29, 0.717) is 0 Å². The number of carbonyl (C=O) groups is 3. The number of carbonyl (C=O) groups excluding carboxylic acids is 3. The lowest BCUT2D eigenvalue weighted by molar-refractivity contribution is -0.134. The van der Waals surface area contributed by atoms with Crippen LogP contribution in [0.3, 0.4) is 0 Å². The van der Waals surface area contributed by atoms with E-state index in [2.05, 4.69) is 22.8 Å². The highest BCUT2D eigenvalue weighted by atomic mass is 16.2. The zero-order valence-corrected chi connectivity index (χ0v) is 11.8. The zero-order valence-electron chi connectivity index (χ0n) is 11.8. The van der Waals surface area contributed by atoms with Crippen molar-refractivity contribution in [1.29, 1.82) is 0 Å². The number of hydrogen-bond donors (Lipinski definition) is 2. The Labute approximate surface area is 122 Å². The number of fused-ring (bicyclic) bond motifs is 1. The van der Waals surface area contributed by atoms with E-state index in [1.807, 2.05) is 12.1 Å². The Kier molecular flexibility index (Phi) is 3.37. The molecule has 1 unspecified atom stereocenters. The predicted octanol–water partition coefficient (Wildman–Crippen LogP) is 0.210. The van der Waals surface area contributed by atoms with Gasteiger partial charge in [0.1, 0.15) is 6.04 Å². The van der Waals surface area contributed by atoms with Gasteiger partial charge in [-0.05, 0) is 24.0 Å². The first-order chi connectivity index (χ1) is 10.0. The van der Waals surface area contributed by atoms with Crippen LogP contribution in [0.4, 0.5) is 4.79 Å². The normalized spacial score (nSPS) is 20.9. The van der Waals surface area contributed by atoms with Gasteiger partial charge in [-0.1, -0.05) is 24.3 Å². The van der Waals surface area contributed by atoms with Gasteiger partial charge in [0.25, 0.3) is 5.91 Å². The zero-order chi connectivity index (χ0) is 15.0. The van der Waals surface area contributed by atoms with E-state index in [1.165, 1.54) is 11.1 Å². The number of hydrogen-bond acceptors (Lipinski definition) is 3. The summed E-state index contributed by atoms with van der Waals surface area (Å²) in [6.45, 7) is 0. The summed E-state index contributed by atoms with van der Waals surface area (Å²) in [5.41, 5.74) is 2.54. The molecule has 1 saturated heterocycles. The summed E-state index contributed by atoms with van der Waals surface area (Å²) in [6, 6.07) is 7.00. The van der Waals surface area contributed by atoms with Gasteiger partial charge in [-0.2, -0.15) is 0 Å². The molecule has 1 aromatic carbocycles. The Morgan fingerprint density at radius 3 is 2.38 bits per heavy atom. The smallest absolute Gasteiger partial charge is 0.322 e. The van der Waals surface area contributed by atoms with Crippen molar-refractivity contribution in [3.8, 4) is 0 Å². The van der Waals surface area contributed by atoms with Gasteiger partial charge in [0.15, 0.2) is 0 Å². The van der Waals surface area contributed by atoms with Gasteiger partial charge in [0, 0.05) is 13.1 Å². The van der Waals surface area contributed by atoms with E-state index < -0.39 is 18.0 Å². The average Bonchev–Trinajstić information content (AvgIpc) is 3.01. The SMILES string of the molecule is CN(C(=O)CC1NC(=O)NC1=O)C1Cc2ccccc2C1. The Morgan fingerprint density at radius 1 is 1.24 bits per heavy atom. The van der Waals surface area contributed by atoms with Crippen LogP contribution in [0, 0.1) is 0 Å². The molecule has 0 radical (unpaired) electrons. The van der Waals surface area contributed by atoms with Gasteiger partial charge in [-0.15, -0.1) is 0 Å². The van der Waals surface area contributed by atoms with Crippen LogP contribution in [0.15, 0.2) is 24.3 Å². The molecule has 4 amide bonds. The van der Waals surface area contributed by atoms with Gasteiger partial charge in [0.05, 0.1) is 6.42 Å². The second-order valence-corrected chi connectivity index (χ2v) is 5.55. The lowest BCUT2D eigenvalue weighted by Gasteiger charge is -2.25. The third-order valence-electron chi connectivity index (χ3n) is 4.21. The summed E-state index contributed by atoms with van der Waals surface area (Å²) in [5, 5.41) is 4.59. The lowest BCUT2D eigenvalue weighted by atomic mass is 10.1. The van der Waals surface area contributed by atoms with E-state index in [1.54, 1.807) is 11.9 Å². The topological polar surface area (TPSA) is 78.5 Å². The molecule has 1 aliphatic heterocycles. The first-order valence-corrected chi connectivity index (χ1v) is 6.98. The number of urea groups is 1. The van der Waals surface area contributed by atoms with Crippen LogP contribution in [0.25, 0.3) is 0 Å². The minimum Gasteiger partial charge on any atom is -0.342 e. The molecule has 0 saturated carbocycles. The first-order valence-electron chi connectivity index (χ1n) is 6.98. The number of likely N-dealkylation sites (N-methyl/N-ethyl adjacent to an activating group) is 1. The van der Waals surface area contributed by atoms with Crippen LogP contribution in [-0.2, 0) is 22.4 Å². The molecule has 6 nitrogen and oxygen atoms in total. The van der Waals surface area contributed by atoms with Gasteiger partial charge in [-0.25, -0.2) is 4.79 Å². The number of nitrogens with one attached hydrogen (secondary N) is 2. The Hall–Kier alpha value is -2.37. The molecular formula is C15H17N3O3. The van der Waals surface area contributed by atoms with Gasteiger partial charge in [-0.3, -0.25) is 14.9 Å². The van der Waals surface area contributed by atoms with Crippen molar-refractivity contribution < 1.29 is 14.4 Å². The highest BCUT2D eigenvalue weighted by Gasteiger charge is 2.34. The lowest BCUT2D eigenvalue weighted by Crippen LogP contribution is -2.42. The molecule has 6 heteroatoms. The molecule has 110 valence electrons. The molecule has 1 aliphatic carbocycles. The second kappa shape index (κ2) is 5.20. The van der Waals surface area contributed by atoms with E-state index in [9.17, 15) is 14.4 Å². The fraction of sp³-hybridized carbons (Fsp3) is 0.400. The van der Waals surface area contributed by atoms with Crippen molar-refractivity contribution >= 4 is 17.8 Å². The summed E-state index contributed by atoms with van der Waals surface area (Å²) in [7, 11) is 1.76. The highest BCUT2D eigenvalue weighted by Crippen LogP contribution is 2.25. The number of imide groups is 1. The number of benzene rings is 1. The molecule has 1 atom stereocenters. The van der Waals surface area contributed by atoms with Crippen molar-refractivity contribution in [2.24, 2.45) is 0 Å². The third kappa shape index (κ3) is 2.61. The molecule has 21 heavy (non-hydrogen) atoms. The van der Waals surface area contributed by atoms with E-state index in [4.69, 9.17) is 0 Å². The molecule has 2 N–H and O–H groups in total. The minimum atomic E-state index is -0.753. The number of amides is 4. The molecule has 0 aromatic heterocycles. The van der Waals surface area contributed by atoms with Gasteiger partial charge < -0.3 is 10.2 Å². The van der Waals surface area contributed by atoms with Crippen molar-refractivity contribution in [2.45, 2.75) is 31.3 Å². The fourth-order valence-corrected chi connectivity index (χ4v) is 2.93. The molecule has 2 aliphatic rings. The Balaban J connectivity index is 1.61. The van der Waals surface area contributed by atoms with Gasteiger partial charge >= 0.3 is 6.03 Å². The standard InChI is InChI=1S/C15H17N3O3/c1-18(11-6-9-4-2-3-5-10(9)7-11)13(19)8-12-14(20)17-15(21)16-12/h2-5,11-12H,6-8H2,1H3,(H2,16,17,20,21). The summed E-state index contributed by atoms with van der Waals surface area (Å²) in [5.74, 6) is -0.563. The average molecular weight is 287 g/mol. The first kappa shape index (κ1) is 13.6. The second-order valence-electron chi connectivity index (χ2n) is 5.55. The van der Waals surface area contributed by atoms with Gasteiger partial charge in [0.2, 0.25) is 5.91 Å². The molecule has 0 spiro atoms. The molecule has 0 bridgehead atoms. The molecule has 1 fully saturated rings. The fourth-order valence-electron chi connectivity index (χ4n) is 2.93. The van der Waals surface area contributed by atoms with Crippen LogP contribution in [0.2, 0.25) is 0 Å². The highest BCUT2D eigenvalue weighted by molar-refractivity contribution is 6.05. The van der Waals surface area contributed by atoms with E-state index in [0.717, 1.165) is 12.8 Å². The van der Waals surface area contributed by atoms with Crippen molar-refractivity contribution in [3.63, 3.8) is 0 Å². The summed E-state index contributed by atoms with van der Waals surface area (Å²) >= 11 is 0. The minimum absolute atomic E-state index is 0.000911. The summed E-state index contributed by atoms with van der Waals surface area (Å²) in [4.78, 5) is 36.5. The van der Waals surface area contributed by atoms with Crippen LogP contribution in [-0.4, -0.2) is 41.9 Å². The van der Waals surface area contributed by atoms with Crippen molar-refractivity contribution in [3.05, 3.63) is 35.4 Å². The van der Waals surface area contributed by atoms with Crippen LogP contribution < -0.4 is 10.6 Å². The van der Waals surface area contributed by atoms with Crippen LogP contribution in [0.5, 0.6) is 0 Å². The summed E-state index contributed by atoms with van der Waals surface area (Å²) < 4.78 is 0. The molecular weight excluding hydrogens is 270 g/mol. The van der Waals surface area contributed by atoms with Crippen molar-refractivity contribution in [1.82, 2.24) is 15.5 Å². The molecule has 1 aromatic rings. The molecule has 3 rings (SSSR count). The number of nitrogens with zero attached hydrogens (tertiary/aromatic N) is 1.